The van der Waals surface area contributed by atoms with E-state index in [2.05, 4.69) is 10.0 Å². The number of rotatable bonds is 8. The van der Waals surface area contributed by atoms with E-state index < -0.39 is 10.0 Å². The summed E-state index contributed by atoms with van der Waals surface area (Å²) in [6.07, 6.45) is 0. The van der Waals surface area contributed by atoms with E-state index in [4.69, 9.17) is 4.74 Å². The van der Waals surface area contributed by atoms with Crippen LogP contribution >= 0.6 is 0 Å². The molecule has 3 aromatic rings. The molecule has 0 aliphatic heterocycles. The monoisotopic (exact) mass is 424 g/mol. The highest BCUT2D eigenvalue weighted by molar-refractivity contribution is 7.92. The van der Waals surface area contributed by atoms with Crippen molar-refractivity contribution in [2.75, 3.05) is 11.3 Å². The van der Waals surface area contributed by atoms with Crippen molar-refractivity contribution in [3.8, 4) is 5.75 Å². The summed E-state index contributed by atoms with van der Waals surface area (Å²) in [5.74, 6) is 0.155. The van der Waals surface area contributed by atoms with Gasteiger partial charge in [-0.15, -0.1) is 0 Å². The van der Waals surface area contributed by atoms with E-state index >= 15 is 0 Å². The van der Waals surface area contributed by atoms with Crippen molar-refractivity contribution < 1.29 is 17.9 Å². The van der Waals surface area contributed by atoms with Gasteiger partial charge in [-0.2, -0.15) is 0 Å². The summed E-state index contributed by atoms with van der Waals surface area (Å²) < 4.78 is 33.2. The van der Waals surface area contributed by atoms with E-state index in [1.54, 1.807) is 12.1 Å². The highest BCUT2D eigenvalue weighted by Crippen LogP contribution is 2.21. The minimum atomic E-state index is -3.72. The highest BCUT2D eigenvalue weighted by atomic mass is 32.2. The molecule has 2 N–H and O–H groups in total. The van der Waals surface area contributed by atoms with Gasteiger partial charge in [0.25, 0.3) is 15.9 Å². The number of anilines is 1. The first kappa shape index (κ1) is 21.4. The number of nitrogens with one attached hydrogen (secondary N) is 2. The number of carbonyl (C=O) groups excluding carboxylic acids is 1. The van der Waals surface area contributed by atoms with Crippen LogP contribution in [0, 0.1) is 13.8 Å². The quantitative estimate of drug-likeness (QED) is 0.576. The van der Waals surface area contributed by atoms with Gasteiger partial charge in [0.15, 0.2) is 6.61 Å². The lowest BCUT2D eigenvalue weighted by Gasteiger charge is -2.11. The summed E-state index contributed by atoms with van der Waals surface area (Å²) in [5, 5.41) is 2.77. The third-order valence-corrected chi connectivity index (χ3v) is 5.71. The molecule has 0 bridgehead atoms. The number of ether oxygens (including phenoxy) is 1. The smallest absolute Gasteiger partial charge is 0.261 e. The first-order valence-electron chi connectivity index (χ1n) is 9.46. The van der Waals surface area contributed by atoms with Crippen LogP contribution in [-0.4, -0.2) is 20.9 Å². The van der Waals surface area contributed by atoms with Gasteiger partial charge >= 0.3 is 0 Å². The Balaban J connectivity index is 1.55. The molecule has 3 aromatic carbocycles. The SMILES string of the molecule is Cc1cc(C)cc(NS(=O)(=O)c2ccc(OCC(=O)NCc3ccccc3)cc2)c1. The molecule has 0 radical (unpaired) electrons. The molecule has 0 aliphatic carbocycles. The maximum Gasteiger partial charge on any atom is 0.261 e. The average Bonchev–Trinajstić information content (AvgIpc) is 2.70. The Labute approximate surface area is 177 Å². The number of hydrogen-bond acceptors (Lipinski definition) is 4. The van der Waals surface area contributed by atoms with Gasteiger partial charge in [-0.05, 0) is 66.9 Å². The van der Waals surface area contributed by atoms with Gasteiger partial charge in [0.1, 0.15) is 5.75 Å². The summed E-state index contributed by atoms with van der Waals surface area (Å²) in [6, 6.07) is 21.0. The fourth-order valence-electron chi connectivity index (χ4n) is 2.96. The highest BCUT2D eigenvalue weighted by Gasteiger charge is 2.15. The van der Waals surface area contributed by atoms with Crippen LogP contribution in [0.2, 0.25) is 0 Å². The van der Waals surface area contributed by atoms with Crippen LogP contribution < -0.4 is 14.8 Å². The molecule has 0 fully saturated rings. The molecule has 0 unspecified atom stereocenters. The zero-order valence-corrected chi connectivity index (χ0v) is 17.7. The second-order valence-corrected chi connectivity index (χ2v) is 8.69. The van der Waals surface area contributed by atoms with Crippen LogP contribution in [0.3, 0.4) is 0 Å². The van der Waals surface area contributed by atoms with Gasteiger partial charge in [0.05, 0.1) is 4.90 Å². The zero-order chi connectivity index (χ0) is 21.6. The third-order valence-electron chi connectivity index (χ3n) is 4.31. The summed E-state index contributed by atoms with van der Waals surface area (Å²) >= 11 is 0. The number of hydrogen-bond donors (Lipinski definition) is 2. The number of amides is 1. The molecule has 0 atom stereocenters. The number of benzene rings is 3. The Morgan fingerprint density at radius 3 is 2.17 bits per heavy atom. The molecule has 0 aliphatic rings. The molecule has 30 heavy (non-hydrogen) atoms. The fourth-order valence-corrected chi connectivity index (χ4v) is 4.00. The third kappa shape index (κ3) is 6.09. The van der Waals surface area contributed by atoms with Gasteiger partial charge in [-0.25, -0.2) is 8.42 Å². The van der Waals surface area contributed by atoms with Crippen LogP contribution in [0.15, 0.2) is 77.7 Å². The van der Waals surface area contributed by atoms with Crippen LogP contribution in [0.4, 0.5) is 5.69 Å². The summed E-state index contributed by atoms with van der Waals surface area (Å²) in [6.45, 7) is 4.09. The van der Waals surface area contributed by atoms with Gasteiger partial charge in [-0.3, -0.25) is 9.52 Å². The van der Waals surface area contributed by atoms with E-state index in [0.717, 1.165) is 16.7 Å². The normalized spacial score (nSPS) is 11.0. The van der Waals surface area contributed by atoms with Gasteiger partial charge < -0.3 is 10.1 Å². The van der Waals surface area contributed by atoms with Gasteiger partial charge in [-0.1, -0.05) is 36.4 Å². The second-order valence-electron chi connectivity index (χ2n) is 7.00. The standard InChI is InChI=1S/C23H24N2O4S/c1-17-12-18(2)14-20(13-17)25-30(27,28)22-10-8-21(9-11-22)29-16-23(26)24-15-19-6-4-3-5-7-19/h3-14,25H,15-16H2,1-2H3,(H,24,26). The van der Waals surface area contributed by atoms with E-state index in [1.807, 2.05) is 50.2 Å². The lowest BCUT2D eigenvalue weighted by molar-refractivity contribution is -0.123. The molecule has 6 nitrogen and oxygen atoms in total. The largest absolute Gasteiger partial charge is 0.484 e. The molecule has 7 heteroatoms. The van der Waals surface area contributed by atoms with Crippen LogP contribution in [-0.2, 0) is 21.4 Å². The molecular formula is C23H24N2O4S. The Morgan fingerprint density at radius 2 is 1.53 bits per heavy atom. The van der Waals surface area contributed by atoms with Crippen LogP contribution in [0.1, 0.15) is 16.7 Å². The first-order valence-corrected chi connectivity index (χ1v) is 10.9. The lowest BCUT2D eigenvalue weighted by Crippen LogP contribution is -2.28. The summed E-state index contributed by atoms with van der Waals surface area (Å²) in [7, 11) is -3.72. The maximum atomic E-state index is 12.6. The van der Waals surface area contributed by atoms with E-state index in [-0.39, 0.29) is 17.4 Å². The van der Waals surface area contributed by atoms with Gasteiger partial charge in [0.2, 0.25) is 0 Å². The molecule has 0 aromatic heterocycles. The molecule has 0 saturated carbocycles. The average molecular weight is 425 g/mol. The first-order chi connectivity index (χ1) is 14.3. The molecule has 3 rings (SSSR count). The van der Waals surface area contributed by atoms with Crippen LogP contribution in [0.5, 0.6) is 5.75 Å². The maximum absolute atomic E-state index is 12.6. The Bertz CT molecular complexity index is 1090. The van der Waals surface area contributed by atoms with Crippen LogP contribution in [0.25, 0.3) is 0 Å². The van der Waals surface area contributed by atoms with Crippen molar-refractivity contribution in [3.05, 3.63) is 89.5 Å². The predicted molar refractivity (Wildman–Crippen MR) is 117 cm³/mol. The number of sulfonamides is 1. The zero-order valence-electron chi connectivity index (χ0n) is 16.9. The topological polar surface area (TPSA) is 84.5 Å². The van der Waals surface area contributed by atoms with E-state index in [9.17, 15) is 13.2 Å². The second kappa shape index (κ2) is 9.45. The molecule has 1 amide bonds. The van der Waals surface area contributed by atoms with E-state index in [1.165, 1.54) is 24.3 Å². The molecule has 156 valence electrons. The number of aryl methyl sites for hydroxylation is 2. The minimum absolute atomic E-state index is 0.113. The van der Waals surface area contributed by atoms with Crippen molar-refractivity contribution >= 4 is 21.6 Å². The van der Waals surface area contributed by atoms with Crippen molar-refractivity contribution in [1.82, 2.24) is 5.32 Å². The van der Waals surface area contributed by atoms with Crippen molar-refractivity contribution in [1.29, 1.82) is 0 Å². The Hall–Kier alpha value is -3.32. The Morgan fingerprint density at radius 1 is 0.900 bits per heavy atom. The molecular weight excluding hydrogens is 400 g/mol. The lowest BCUT2D eigenvalue weighted by atomic mass is 10.1. The molecule has 0 spiro atoms. The summed E-state index contributed by atoms with van der Waals surface area (Å²) in [5.41, 5.74) is 3.46. The van der Waals surface area contributed by atoms with E-state index in [0.29, 0.717) is 18.0 Å². The molecule has 0 saturated heterocycles. The summed E-state index contributed by atoms with van der Waals surface area (Å²) in [4.78, 5) is 12.0. The predicted octanol–water partition coefficient (Wildman–Crippen LogP) is 3.80. The van der Waals surface area contributed by atoms with Crippen molar-refractivity contribution in [3.63, 3.8) is 0 Å². The van der Waals surface area contributed by atoms with Crippen molar-refractivity contribution in [2.45, 2.75) is 25.3 Å². The fraction of sp³-hybridized carbons (Fsp3) is 0.174. The van der Waals surface area contributed by atoms with Crippen molar-refractivity contribution in [2.24, 2.45) is 0 Å². The number of carbonyl (C=O) groups is 1. The molecule has 0 heterocycles. The Kier molecular flexibility index (Phi) is 6.74. The minimum Gasteiger partial charge on any atom is -0.484 e. The van der Waals surface area contributed by atoms with Gasteiger partial charge in [0, 0.05) is 12.2 Å².